The number of ether oxygens (including phenoxy) is 1. The molecule has 0 aliphatic carbocycles. The molecule has 0 radical (unpaired) electrons. The van der Waals surface area contributed by atoms with Crippen LogP contribution in [-0.4, -0.2) is 29.7 Å². The highest BCUT2D eigenvalue weighted by atomic mass is 19.1. The van der Waals surface area contributed by atoms with E-state index < -0.39 is 29.8 Å². The number of hydrogen-bond acceptors (Lipinski definition) is 4. The van der Waals surface area contributed by atoms with Crippen molar-refractivity contribution in [2.24, 2.45) is 0 Å². The van der Waals surface area contributed by atoms with Gasteiger partial charge in [-0.1, -0.05) is 12.1 Å². The minimum atomic E-state index is -1.09. The van der Waals surface area contributed by atoms with Crippen LogP contribution in [0.1, 0.15) is 35.8 Å². The molecule has 0 aromatic heterocycles. The van der Waals surface area contributed by atoms with E-state index in [1.54, 1.807) is 19.9 Å². The third-order valence-electron chi connectivity index (χ3n) is 4.53. The minimum absolute atomic E-state index is 0.0658. The average Bonchev–Trinajstić information content (AvgIpc) is 2.68. The molecule has 1 atom stereocenters. The monoisotopic (exact) mass is 398 g/mol. The highest BCUT2D eigenvalue weighted by Gasteiger charge is 2.37. The quantitative estimate of drug-likeness (QED) is 0.750. The van der Waals surface area contributed by atoms with Gasteiger partial charge in [0.2, 0.25) is 0 Å². The van der Waals surface area contributed by atoms with Crippen LogP contribution in [0.2, 0.25) is 0 Å². The molecular weight excluding hydrogens is 379 g/mol. The summed E-state index contributed by atoms with van der Waals surface area (Å²) in [6.07, 6.45) is 0. The lowest BCUT2D eigenvalue weighted by atomic mass is 9.94. The molecule has 29 heavy (non-hydrogen) atoms. The fraction of sp³-hybridized carbons (Fsp3) is 0.190. The predicted octanol–water partition coefficient (Wildman–Crippen LogP) is 3.63. The number of carboxylic acids is 1. The molecule has 7 nitrogen and oxygen atoms in total. The van der Waals surface area contributed by atoms with E-state index in [1.807, 2.05) is 0 Å². The summed E-state index contributed by atoms with van der Waals surface area (Å²) in [4.78, 5) is 37.8. The normalized spacial score (nSPS) is 16.4. The molecule has 0 fully saturated rings. The van der Waals surface area contributed by atoms with Crippen molar-refractivity contribution in [3.8, 4) is 0 Å². The molecule has 2 aromatic carbocycles. The van der Waals surface area contributed by atoms with Gasteiger partial charge in [0.1, 0.15) is 5.82 Å². The van der Waals surface area contributed by atoms with E-state index >= 15 is 0 Å². The summed E-state index contributed by atoms with van der Waals surface area (Å²) in [6.45, 7) is 3.38. The topological polar surface area (TPSA) is 95.9 Å². The number of nitrogens with zero attached hydrogens (tertiary/aromatic N) is 1. The fourth-order valence-corrected chi connectivity index (χ4v) is 3.22. The highest BCUT2D eigenvalue weighted by Crippen LogP contribution is 2.34. The van der Waals surface area contributed by atoms with E-state index in [0.717, 1.165) is 0 Å². The van der Waals surface area contributed by atoms with Crippen molar-refractivity contribution in [3.63, 3.8) is 0 Å². The van der Waals surface area contributed by atoms with E-state index in [2.05, 4.69) is 5.32 Å². The van der Waals surface area contributed by atoms with Gasteiger partial charge in [0.15, 0.2) is 0 Å². The van der Waals surface area contributed by atoms with Crippen molar-refractivity contribution < 1.29 is 28.6 Å². The van der Waals surface area contributed by atoms with Crippen LogP contribution in [0.25, 0.3) is 0 Å². The van der Waals surface area contributed by atoms with E-state index in [1.165, 1.54) is 47.4 Å². The Hall–Kier alpha value is -3.68. The molecule has 1 aliphatic rings. The molecule has 8 heteroatoms. The van der Waals surface area contributed by atoms with Gasteiger partial charge in [-0.3, -0.25) is 4.90 Å². The zero-order chi connectivity index (χ0) is 21.1. The number of allylic oxidation sites excluding steroid dienone is 1. The van der Waals surface area contributed by atoms with E-state index in [0.29, 0.717) is 16.9 Å². The maximum Gasteiger partial charge on any atom is 0.338 e. The molecule has 0 saturated heterocycles. The van der Waals surface area contributed by atoms with Crippen molar-refractivity contribution in [2.45, 2.75) is 19.9 Å². The number of urea groups is 1. The molecule has 2 amide bonds. The molecule has 2 N–H and O–H groups in total. The smallest absolute Gasteiger partial charge is 0.338 e. The molecule has 1 heterocycles. The van der Waals surface area contributed by atoms with Crippen LogP contribution in [0.4, 0.5) is 14.9 Å². The minimum Gasteiger partial charge on any atom is -0.478 e. The van der Waals surface area contributed by atoms with Crippen molar-refractivity contribution in [1.29, 1.82) is 0 Å². The zero-order valence-electron chi connectivity index (χ0n) is 15.8. The number of anilines is 1. The molecular formula is C21H19FN2O5. The Labute approximate surface area is 166 Å². The summed E-state index contributed by atoms with van der Waals surface area (Å²) in [5.41, 5.74) is 1.33. The van der Waals surface area contributed by atoms with Gasteiger partial charge in [-0.15, -0.1) is 0 Å². The zero-order valence-corrected chi connectivity index (χ0v) is 15.8. The van der Waals surface area contributed by atoms with Gasteiger partial charge < -0.3 is 15.2 Å². The van der Waals surface area contributed by atoms with Crippen molar-refractivity contribution in [1.82, 2.24) is 5.32 Å². The van der Waals surface area contributed by atoms with Gasteiger partial charge in [0, 0.05) is 5.70 Å². The van der Waals surface area contributed by atoms with Gasteiger partial charge in [-0.2, -0.15) is 0 Å². The highest BCUT2D eigenvalue weighted by molar-refractivity contribution is 6.03. The summed E-state index contributed by atoms with van der Waals surface area (Å²) in [6, 6.07) is 9.86. The molecule has 1 aliphatic heterocycles. The number of carbonyl (C=O) groups is 3. The van der Waals surface area contributed by atoms with Crippen molar-refractivity contribution in [2.75, 3.05) is 11.5 Å². The average molecular weight is 398 g/mol. The summed E-state index contributed by atoms with van der Waals surface area (Å²) in [7, 11) is 0. The van der Waals surface area contributed by atoms with Crippen LogP contribution < -0.4 is 10.2 Å². The van der Waals surface area contributed by atoms with E-state index in [9.17, 15) is 18.8 Å². The Morgan fingerprint density at radius 2 is 1.90 bits per heavy atom. The first-order valence-corrected chi connectivity index (χ1v) is 8.90. The molecule has 3 rings (SSSR count). The summed E-state index contributed by atoms with van der Waals surface area (Å²) in [5, 5.41) is 11.8. The standard InChI is InChI=1S/C21H19FN2O5/c1-3-29-20(27)17-12(2)24(16-9-7-13(8-10-16)19(25)26)21(28)23-18(17)14-5-4-6-15(22)11-14/h4-11,18H,3H2,1-2H3,(H,23,28)(H,25,26). The van der Waals surface area contributed by atoms with Gasteiger partial charge in [0.25, 0.3) is 0 Å². The third-order valence-corrected chi connectivity index (χ3v) is 4.53. The van der Waals surface area contributed by atoms with Crippen LogP contribution >= 0.6 is 0 Å². The largest absolute Gasteiger partial charge is 0.478 e. The molecule has 1 unspecified atom stereocenters. The molecule has 0 saturated carbocycles. The number of rotatable bonds is 5. The second kappa shape index (κ2) is 8.14. The second-order valence-electron chi connectivity index (χ2n) is 6.34. The van der Waals surface area contributed by atoms with Crippen LogP contribution in [0.15, 0.2) is 59.8 Å². The number of hydrogen-bond donors (Lipinski definition) is 2. The Morgan fingerprint density at radius 3 is 2.48 bits per heavy atom. The Morgan fingerprint density at radius 1 is 1.21 bits per heavy atom. The van der Waals surface area contributed by atoms with E-state index in [4.69, 9.17) is 9.84 Å². The van der Waals surface area contributed by atoms with E-state index in [-0.39, 0.29) is 17.7 Å². The number of carbonyl (C=O) groups excluding carboxylic acids is 2. The number of carboxylic acid groups (broad SMARTS) is 1. The third kappa shape index (κ3) is 3.96. The summed E-state index contributed by atoms with van der Waals surface area (Å²) in [5.74, 6) is -2.22. The lowest BCUT2D eigenvalue weighted by Crippen LogP contribution is -2.48. The predicted molar refractivity (Wildman–Crippen MR) is 103 cm³/mol. The number of esters is 1. The first kappa shape index (κ1) is 20.1. The molecule has 0 spiro atoms. The van der Waals surface area contributed by atoms with Gasteiger partial charge >= 0.3 is 18.0 Å². The van der Waals surface area contributed by atoms with Gasteiger partial charge in [0.05, 0.1) is 29.5 Å². The molecule has 2 aromatic rings. The maximum absolute atomic E-state index is 13.7. The lowest BCUT2D eigenvalue weighted by Gasteiger charge is -2.35. The molecule has 0 bridgehead atoms. The van der Waals surface area contributed by atoms with Crippen LogP contribution in [-0.2, 0) is 9.53 Å². The summed E-state index contributed by atoms with van der Waals surface area (Å²) < 4.78 is 18.9. The van der Waals surface area contributed by atoms with Gasteiger partial charge in [-0.25, -0.2) is 18.8 Å². The second-order valence-corrected chi connectivity index (χ2v) is 6.34. The van der Waals surface area contributed by atoms with Crippen LogP contribution in [0.5, 0.6) is 0 Å². The molecule has 150 valence electrons. The number of amides is 2. The van der Waals surface area contributed by atoms with Crippen molar-refractivity contribution >= 4 is 23.7 Å². The van der Waals surface area contributed by atoms with Crippen LogP contribution in [0, 0.1) is 5.82 Å². The number of benzene rings is 2. The Bertz CT molecular complexity index is 1000. The first-order valence-electron chi connectivity index (χ1n) is 8.90. The number of aromatic carboxylic acids is 1. The lowest BCUT2D eigenvalue weighted by molar-refractivity contribution is -0.139. The number of nitrogens with one attached hydrogen (secondary N) is 1. The summed E-state index contributed by atoms with van der Waals surface area (Å²) >= 11 is 0. The number of halogens is 1. The Kier molecular flexibility index (Phi) is 5.63. The van der Waals surface area contributed by atoms with Crippen LogP contribution in [0.3, 0.4) is 0 Å². The van der Waals surface area contributed by atoms with Gasteiger partial charge in [-0.05, 0) is 55.8 Å². The van der Waals surface area contributed by atoms with Crippen molar-refractivity contribution in [3.05, 3.63) is 76.7 Å². The fourth-order valence-electron chi connectivity index (χ4n) is 3.22. The maximum atomic E-state index is 13.7. The Balaban J connectivity index is 2.10. The SMILES string of the molecule is CCOC(=O)C1=C(C)N(c2ccc(C(=O)O)cc2)C(=O)NC1c1cccc(F)c1. The first-order chi connectivity index (χ1) is 13.8.